The first-order valence-electron chi connectivity index (χ1n) is 7.59. The summed E-state index contributed by atoms with van der Waals surface area (Å²) < 4.78 is 11.3. The third-order valence-corrected chi connectivity index (χ3v) is 3.48. The first-order chi connectivity index (χ1) is 9.74. The largest absolute Gasteiger partial charge is 0.490 e. The van der Waals surface area contributed by atoms with Crippen molar-refractivity contribution in [1.82, 2.24) is 5.32 Å². The Labute approximate surface area is 122 Å². The number of nitrogens with zero attached hydrogens (tertiary/aromatic N) is 1. The minimum absolute atomic E-state index is 0.652. The molecule has 20 heavy (non-hydrogen) atoms. The highest BCUT2D eigenvalue weighted by Crippen LogP contribution is 2.32. The maximum absolute atomic E-state index is 5.71. The van der Waals surface area contributed by atoms with Gasteiger partial charge in [0.2, 0.25) is 0 Å². The van der Waals surface area contributed by atoms with Crippen LogP contribution in [0.1, 0.15) is 20.8 Å². The molecule has 1 aromatic carbocycles. The highest BCUT2D eigenvalue weighted by molar-refractivity contribution is 5.56. The molecule has 4 nitrogen and oxygen atoms in total. The summed E-state index contributed by atoms with van der Waals surface area (Å²) in [4.78, 5) is 2.42. The molecule has 1 atom stereocenters. The van der Waals surface area contributed by atoms with Gasteiger partial charge in [-0.3, -0.25) is 0 Å². The summed E-state index contributed by atoms with van der Waals surface area (Å²) in [6.07, 6.45) is 0. The van der Waals surface area contributed by atoms with Gasteiger partial charge < -0.3 is 19.7 Å². The molecule has 0 saturated carbocycles. The number of ether oxygens (including phenoxy) is 2. The summed E-state index contributed by atoms with van der Waals surface area (Å²) in [5.74, 6) is 2.33. The molecule has 112 valence electrons. The zero-order chi connectivity index (χ0) is 14.4. The number of benzene rings is 1. The van der Waals surface area contributed by atoms with Crippen LogP contribution in [0.2, 0.25) is 0 Å². The van der Waals surface area contributed by atoms with Gasteiger partial charge >= 0.3 is 0 Å². The number of hydrogen-bond donors (Lipinski definition) is 1. The molecule has 1 N–H and O–H groups in total. The first-order valence-corrected chi connectivity index (χ1v) is 7.59. The van der Waals surface area contributed by atoms with E-state index in [2.05, 4.69) is 29.3 Å². The van der Waals surface area contributed by atoms with Crippen LogP contribution in [0.15, 0.2) is 18.2 Å². The van der Waals surface area contributed by atoms with Crippen LogP contribution in [0, 0.1) is 5.92 Å². The fourth-order valence-electron chi connectivity index (χ4n) is 2.57. The van der Waals surface area contributed by atoms with Crippen LogP contribution in [0.25, 0.3) is 0 Å². The van der Waals surface area contributed by atoms with E-state index in [4.69, 9.17) is 9.47 Å². The summed E-state index contributed by atoms with van der Waals surface area (Å²) >= 11 is 0. The highest BCUT2D eigenvalue weighted by Gasteiger charge is 2.16. The van der Waals surface area contributed by atoms with E-state index in [0.717, 1.165) is 37.7 Å². The first kappa shape index (κ1) is 15.0. The Morgan fingerprint density at radius 2 is 1.95 bits per heavy atom. The molecule has 1 saturated heterocycles. The molecular weight excluding hydrogens is 252 g/mol. The number of hydrogen-bond acceptors (Lipinski definition) is 4. The van der Waals surface area contributed by atoms with Gasteiger partial charge in [0.1, 0.15) is 0 Å². The third-order valence-electron chi connectivity index (χ3n) is 3.48. The van der Waals surface area contributed by atoms with Crippen LogP contribution >= 0.6 is 0 Å². The second kappa shape index (κ2) is 7.39. The van der Waals surface area contributed by atoms with Crippen LogP contribution in [0.3, 0.4) is 0 Å². The Morgan fingerprint density at radius 3 is 2.70 bits per heavy atom. The van der Waals surface area contributed by atoms with E-state index in [0.29, 0.717) is 19.1 Å². The fourth-order valence-corrected chi connectivity index (χ4v) is 2.57. The summed E-state index contributed by atoms with van der Waals surface area (Å²) in [6.45, 7) is 11.8. The summed E-state index contributed by atoms with van der Waals surface area (Å²) in [5, 5.41) is 3.47. The van der Waals surface area contributed by atoms with Crippen molar-refractivity contribution in [1.29, 1.82) is 0 Å². The molecule has 1 unspecified atom stereocenters. The molecule has 1 aliphatic rings. The van der Waals surface area contributed by atoms with Crippen molar-refractivity contribution in [3.63, 3.8) is 0 Å². The average molecular weight is 278 g/mol. The van der Waals surface area contributed by atoms with E-state index in [1.165, 1.54) is 5.69 Å². The van der Waals surface area contributed by atoms with Crippen molar-refractivity contribution in [3.05, 3.63) is 18.2 Å². The van der Waals surface area contributed by atoms with Crippen LogP contribution in [-0.2, 0) is 0 Å². The lowest BCUT2D eigenvalue weighted by Crippen LogP contribution is -2.29. The van der Waals surface area contributed by atoms with E-state index in [9.17, 15) is 0 Å². The molecule has 0 aromatic heterocycles. The summed E-state index contributed by atoms with van der Waals surface area (Å²) in [6, 6.07) is 6.25. The minimum atomic E-state index is 0.652. The van der Waals surface area contributed by atoms with Gasteiger partial charge in [0, 0.05) is 31.4 Å². The van der Waals surface area contributed by atoms with Crippen molar-refractivity contribution < 1.29 is 9.47 Å². The van der Waals surface area contributed by atoms with Crippen LogP contribution in [0.5, 0.6) is 11.5 Å². The molecule has 1 aliphatic heterocycles. The van der Waals surface area contributed by atoms with Gasteiger partial charge in [-0.05, 0) is 38.4 Å². The standard InChI is InChI=1S/C16H26N2O2/c1-4-19-15-7-6-14(10-16(15)20-5-2)18-9-8-17-11-13(3)12-18/h6-7,10,13,17H,4-5,8-9,11-12H2,1-3H3. The lowest BCUT2D eigenvalue weighted by Gasteiger charge is -2.25. The van der Waals surface area contributed by atoms with Crippen LogP contribution < -0.4 is 19.7 Å². The van der Waals surface area contributed by atoms with Gasteiger partial charge in [-0.15, -0.1) is 0 Å². The van der Waals surface area contributed by atoms with Gasteiger partial charge in [0.15, 0.2) is 11.5 Å². The van der Waals surface area contributed by atoms with Gasteiger partial charge in [-0.25, -0.2) is 0 Å². The Bertz CT molecular complexity index is 423. The second-order valence-corrected chi connectivity index (χ2v) is 5.25. The van der Waals surface area contributed by atoms with Gasteiger partial charge in [-0.1, -0.05) is 6.92 Å². The minimum Gasteiger partial charge on any atom is -0.490 e. The van der Waals surface area contributed by atoms with Crippen molar-refractivity contribution in [2.75, 3.05) is 44.3 Å². The fraction of sp³-hybridized carbons (Fsp3) is 0.625. The van der Waals surface area contributed by atoms with Crippen LogP contribution in [-0.4, -0.2) is 39.4 Å². The number of rotatable bonds is 5. The lowest BCUT2D eigenvalue weighted by molar-refractivity contribution is 0.288. The Balaban J connectivity index is 2.20. The number of anilines is 1. The molecular formula is C16H26N2O2. The van der Waals surface area contributed by atoms with Crippen molar-refractivity contribution in [2.45, 2.75) is 20.8 Å². The van der Waals surface area contributed by atoms with Gasteiger partial charge in [0.25, 0.3) is 0 Å². The van der Waals surface area contributed by atoms with E-state index < -0.39 is 0 Å². The van der Waals surface area contributed by atoms with Crippen molar-refractivity contribution >= 4 is 5.69 Å². The van der Waals surface area contributed by atoms with E-state index in [1.807, 2.05) is 19.9 Å². The second-order valence-electron chi connectivity index (χ2n) is 5.25. The lowest BCUT2D eigenvalue weighted by atomic mass is 10.1. The predicted molar refractivity (Wildman–Crippen MR) is 83.0 cm³/mol. The van der Waals surface area contributed by atoms with E-state index in [1.54, 1.807) is 0 Å². The van der Waals surface area contributed by atoms with Crippen molar-refractivity contribution in [2.24, 2.45) is 5.92 Å². The van der Waals surface area contributed by atoms with Crippen LogP contribution in [0.4, 0.5) is 5.69 Å². The van der Waals surface area contributed by atoms with Crippen molar-refractivity contribution in [3.8, 4) is 11.5 Å². The summed E-state index contributed by atoms with van der Waals surface area (Å²) in [5.41, 5.74) is 1.22. The quantitative estimate of drug-likeness (QED) is 0.897. The number of nitrogens with one attached hydrogen (secondary N) is 1. The van der Waals surface area contributed by atoms with E-state index >= 15 is 0 Å². The zero-order valence-corrected chi connectivity index (χ0v) is 12.8. The van der Waals surface area contributed by atoms with E-state index in [-0.39, 0.29) is 0 Å². The molecule has 1 heterocycles. The molecule has 0 aliphatic carbocycles. The molecule has 0 amide bonds. The smallest absolute Gasteiger partial charge is 0.163 e. The predicted octanol–water partition coefficient (Wildman–Crippen LogP) is 2.53. The van der Waals surface area contributed by atoms with Gasteiger partial charge in [0.05, 0.1) is 13.2 Å². The maximum Gasteiger partial charge on any atom is 0.163 e. The third kappa shape index (κ3) is 3.79. The molecule has 2 rings (SSSR count). The Hall–Kier alpha value is -1.42. The zero-order valence-electron chi connectivity index (χ0n) is 12.8. The topological polar surface area (TPSA) is 33.7 Å². The average Bonchev–Trinajstić information content (AvgIpc) is 2.66. The van der Waals surface area contributed by atoms with Gasteiger partial charge in [-0.2, -0.15) is 0 Å². The molecule has 1 fully saturated rings. The molecule has 1 aromatic rings. The normalized spacial score (nSPS) is 19.6. The molecule has 0 bridgehead atoms. The monoisotopic (exact) mass is 278 g/mol. The summed E-state index contributed by atoms with van der Waals surface area (Å²) in [7, 11) is 0. The highest BCUT2D eigenvalue weighted by atomic mass is 16.5. The molecule has 4 heteroatoms. The molecule has 0 radical (unpaired) electrons. The SMILES string of the molecule is CCOc1ccc(N2CCNCC(C)C2)cc1OCC. The Morgan fingerprint density at radius 1 is 1.20 bits per heavy atom. The maximum atomic E-state index is 5.71. The Kier molecular flexibility index (Phi) is 5.53. The molecule has 0 spiro atoms.